The Morgan fingerprint density at radius 3 is 2.40 bits per heavy atom. The van der Waals surface area contributed by atoms with E-state index in [-0.39, 0.29) is 17.3 Å². The quantitative estimate of drug-likeness (QED) is 0.557. The fourth-order valence-corrected chi connectivity index (χ4v) is 3.93. The fourth-order valence-electron chi connectivity index (χ4n) is 3.93. The molecule has 1 amide bonds. The second kappa shape index (κ2) is 7.80. The van der Waals surface area contributed by atoms with Crippen LogP contribution in [0, 0.1) is 5.82 Å². The van der Waals surface area contributed by atoms with E-state index in [1.165, 1.54) is 19.1 Å². The lowest BCUT2D eigenvalue weighted by Crippen LogP contribution is -2.25. The van der Waals surface area contributed by atoms with Crippen molar-refractivity contribution < 1.29 is 19.4 Å². The Hall–Kier alpha value is -3.38. The highest BCUT2D eigenvalue weighted by Crippen LogP contribution is 2.40. The molecule has 30 heavy (non-hydrogen) atoms. The molecule has 0 radical (unpaired) electrons. The number of nitrogens with zero attached hydrogens (tertiary/aromatic N) is 1. The van der Waals surface area contributed by atoms with Gasteiger partial charge in [-0.2, -0.15) is 0 Å². The van der Waals surface area contributed by atoms with Gasteiger partial charge >= 0.3 is 0 Å². The number of phenols is 1. The summed E-state index contributed by atoms with van der Waals surface area (Å²) in [4.78, 5) is 13.5. The molecule has 3 N–H and O–H groups in total. The Labute approximate surface area is 174 Å². The number of hydrogen-bond donors (Lipinski definition) is 3. The van der Waals surface area contributed by atoms with Crippen LogP contribution in [0.25, 0.3) is 22.3 Å². The number of phenolic OH excluding ortho intramolecular Hbond substituents is 1. The van der Waals surface area contributed by atoms with Crippen LogP contribution in [0.1, 0.15) is 19.4 Å². The number of aromatic hydroxyl groups is 1. The number of carbonyl (C=O) groups excluding carboxylic acids is 1. The van der Waals surface area contributed by atoms with Crippen LogP contribution < -0.4 is 10.2 Å². The molecule has 154 valence electrons. The Balaban J connectivity index is 1.71. The van der Waals surface area contributed by atoms with Crippen molar-refractivity contribution >= 4 is 17.3 Å². The number of anilines is 2. The molecular weight excluding hydrogens is 383 g/mol. The predicted molar refractivity (Wildman–Crippen MR) is 116 cm³/mol. The molecule has 5 nitrogen and oxygen atoms in total. The van der Waals surface area contributed by atoms with Gasteiger partial charge in [0.05, 0.1) is 5.69 Å². The number of hydrogen-bond acceptors (Lipinski definition) is 4. The molecule has 0 bridgehead atoms. The predicted octanol–water partition coefficient (Wildman–Crippen LogP) is 4.52. The first-order valence-corrected chi connectivity index (χ1v) is 9.83. The van der Waals surface area contributed by atoms with Gasteiger partial charge in [0.1, 0.15) is 17.8 Å². The average molecular weight is 406 g/mol. The largest absolute Gasteiger partial charge is 0.507 e. The number of para-hydroxylation sites is 1. The minimum atomic E-state index is -0.874. The standard InChI is InChI=1S/C24H23FN2O3/c1-14(28)26-22-8-6-17(13-21(22)25)20-5-3-4-19(24(20)30)16-7-9-23-18(12-16)10-11-27(23)15(2)29/h3-9,12-14,26,28,30H,10-11H2,1-2H3. The third-order valence-corrected chi connectivity index (χ3v) is 5.35. The number of amides is 1. The number of aliphatic hydroxyl groups excluding tert-OH is 1. The van der Waals surface area contributed by atoms with Gasteiger partial charge in [-0.25, -0.2) is 4.39 Å². The minimum Gasteiger partial charge on any atom is -0.507 e. The Kier molecular flexibility index (Phi) is 5.18. The highest BCUT2D eigenvalue weighted by Gasteiger charge is 2.23. The number of fused-ring (bicyclic) bond motifs is 1. The van der Waals surface area contributed by atoms with Crippen molar-refractivity contribution in [3.05, 3.63) is 66.0 Å². The molecular formula is C24H23FN2O3. The highest BCUT2D eigenvalue weighted by molar-refractivity contribution is 5.94. The maximum absolute atomic E-state index is 14.4. The van der Waals surface area contributed by atoms with Gasteiger partial charge in [0.15, 0.2) is 0 Å². The summed E-state index contributed by atoms with van der Waals surface area (Å²) in [5, 5.41) is 23.0. The lowest BCUT2D eigenvalue weighted by atomic mass is 9.95. The maximum Gasteiger partial charge on any atom is 0.223 e. The number of aliphatic hydroxyl groups is 1. The number of halogens is 1. The third-order valence-electron chi connectivity index (χ3n) is 5.35. The lowest BCUT2D eigenvalue weighted by Gasteiger charge is -2.16. The molecule has 0 saturated heterocycles. The maximum atomic E-state index is 14.4. The van der Waals surface area contributed by atoms with Crippen LogP contribution in [0.15, 0.2) is 54.6 Å². The summed E-state index contributed by atoms with van der Waals surface area (Å²) >= 11 is 0. The minimum absolute atomic E-state index is 0.0156. The van der Waals surface area contributed by atoms with Crippen LogP contribution in [0.2, 0.25) is 0 Å². The van der Waals surface area contributed by atoms with Crippen LogP contribution in [0.5, 0.6) is 5.75 Å². The van der Waals surface area contributed by atoms with Crippen molar-refractivity contribution in [2.45, 2.75) is 26.5 Å². The molecule has 1 unspecified atom stereocenters. The van der Waals surface area contributed by atoms with Crippen LogP contribution in [0.3, 0.4) is 0 Å². The third kappa shape index (κ3) is 3.62. The molecule has 0 aromatic heterocycles. The summed E-state index contributed by atoms with van der Waals surface area (Å²) in [5.74, 6) is -0.434. The van der Waals surface area contributed by atoms with Gasteiger partial charge in [0.25, 0.3) is 0 Å². The molecule has 1 aliphatic rings. The van der Waals surface area contributed by atoms with E-state index in [0.717, 1.165) is 23.2 Å². The van der Waals surface area contributed by atoms with Crippen molar-refractivity contribution in [2.24, 2.45) is 0 Å². The molecule has 3 aromatic carbocycles. The normalized spacial score (nSPS) is 13.8. The average Bonchev–Trinajstić information content (AvgIpc) is 3.13. The summed E-state index contributed by atoms with van der Waals surface area (Å²) in [6.07, 6.45) is -0.104. The van der Waals surface area contributed by atoms with E-state index in [0.29, 0.717) is 23.2 Å². The topological polar surface area (TPSA) is 72.8 Å². The van der Waals surface area contributed by atoms with E-state index in [9.17, 15) is 19.4 Å². The van der Waals surface area contributed by atoms with Gasteiger partial charge in [0.2, 0.25) is 5.91 Å². The van der Waals surface area contributed by atoms with E-state index in [4.69, 9.17) is 0 Å². The smallest absolute Gasteiger partial charge is 0.223 e. The zero-order chi connectivity index (χ0) is 21.4. The summed E-state index contributed by atoms with van der Waals surface area (Å²) in [5.41, 5.74) is 4.69. The summed E-state index contributed by atoms with van der Waals surface area (Å²) in [7, 11) is 0. The molecule has 0 saturated carbocycles. The van der Waals surface area contributed by atoms with Crippen molar-refractivity contribution in [2.75, 3.05) is 16.8 Å². The van der Waals surface area contributed by atoms with Gasteiger partial charge in [-0.15, -0.1) is 0 Å². The molecule has 0 spiro atoms. The summed E-state index contributed by atoms with van der Waals surface area (Å²) in [6, 6.07) is 15.7. The van der Waals surface area contributed by atoms with E-state index in [1.54, 1.807) is 24.0 Å². The van der Waals surface area contributed by atoms with Gasteiger partial charge in [-0.05, 0) is 54.3 Å². The van der Waals surface area contributed by atoms with Crippen molar-refractivity contribution in [3.63, 3.8) is 0 Å². The van der Waals surface area contributed by atoms with Gasteiger partial charge in [-0.3, -0.25) is 4.79 Å². The van der Waals surface area contributed by atoms with E-state index in [1.807, 2.05) is 30.3 Å². The molecule has 4 rings (SSSR count). The molecule has 1 aliphatic heterocycles. The monoisotopic (exact) mass is 406 g/mol. The molecule has 0 fully saturated rings. The molecule has 3 aromatic rings. The second-order valence-electron chi connectivity index (χ2n) is 7.48. The Morgan fingerprint density at radius 2 is 1.77 bits per heavy atom. The van der Waals surface area contributed by atoms with Gasteiger partial charge in [0, 0.05) is 30.3 Å². The van der Waals surface area contributed by atoms with Gasteiger partial charge in [-0.1, -0.05) is 30.3 Å². The van der Waals surface area contributed by atoms with Gasteiger partial charge < -0.3 is 20.4 Å². The number of carbonyl (C=O) groups is 1. The molecule has 0 aliphatic carbocycles. The summed E-state index contributed by atoms with van der Waals surface area (Å²) < 4.78 is 14.4. The highest BCUT2D eigenvalue weighted by atomic mass is 19.1. The summed E-state index contributed by atoms with van der Waals surface area (Å²) in [6.45, 7) is 3.72. The van der Waals surface area contributed by atoms with Crippen LogP contribution >= 0.6 is 0 Å². The van der Waals surface area contributed by atoms with Crippen molar-refractivity contribution in [3.8, 4) is 28.0 Å². The van der Waals surface area contributed by atoms with E-state index < -0.39 is 12.0 Å². The number of nitrogens with one attached hydrogen (secondary N) is 1. The fraction of sp³-hybridized carbons (Fsp3) is 0.208. The van der Waals surface area contributed by atoms with Crippen LogP contribution in [-0.4, -0.2) is 28.9 Å². The first-order chi connectivity index (χ1) is 14.3. The SMILES string of the molecule is CC(=O)N1CCc2cc(-c3cccc(-c4ccc(NC(C)O)c(F)c4)c3O)ccc21. The Bertz CT molecular complexity index is 1130. The van der Waals surface area contributed by atoms with Crippen LogP contribution in [0.4, 0.5) is 15.8 Å². The van der Waals surface area contributed by atoms with Crippen molar-refractivity contribution in [1.29, 1.82) is 0 Å². The Morgan fingerprint density at radius 1 is 1.10 bits per heavy atom. The lowest BCUT2D eigenvalue weighted by molar-refractivity contribution is -0.116. The van der Waals surface area contributed by atoms with Crippen molar-refractivity contribution in [1.82, 2.24) is 0 Å². The van der Waals surface area contributed by atoms with Crippen LogP contribution in [-0.2, 0) is 11.2 Å². The van der Waals surface area contributed by atoms with E-state index >= 15 is 0 Å². The van der Waals surface area contributed by atoms with E-state index in [2.05, 4.69) is 5.32 Å². The second-order valence-corrected chi connectivity index (χ2v) is 7.48. The molecule has 1 atom stereocenters. The molecule has 6 heteroatoms. The first kappa shape index (κ1) is 19.9. The zero-order valence-corrected chi connectivity index (χ0v) is 16.8. The number of rotatable bonds is 4. The first-order valence-electron chi connectivity index (χ1n) is 9.83. The number of benzene rings is 3. The molecule has 1 heterocycles. The zero-order valence-electron chi connectivity index (χ0n) is 16.8.